The molecule has 0 aliphatic rings. The zero-order chi connectivity index (χ0) is 16.7. The molecule has 0 aliphatic carbocycles. The zero-order valence-corrected chi connectivity index (χ0v) is 13.8. The quantitative estimate of drug-likeness (QED) is 0.572. The molecular formula is C16H18N2O4S. The van der Waals surface area contributed by atoms with Crippen LogP contribution in [-0.2, 0) is 19.1 Å². The molecule has 23 heavy (non-hydrogen) atoms. The standard InChI is InChI=1S/C16H18N2O4S/c1-21-10-9-18(11-16(20)22-2)15(19)8-7-14-17-12-5-3-4-6-13(12)23-14/h3-8H,9-11H2,1-2H3. The Morgan fingerprint density at radius 3 is 2.78 bits per heavy atom. The highest BCUT2D eigenvalue weighted by Crippen LogP contribution is 2.22. The van der Waals surface area contributed by atoms with E-state index in [-0.39, 0.29) is 12.5 Å². The van der Waals surface area contributed by atoms with Crippen molar-refractivity contribution in [1.82, 2.24) is 9.88 Å². The Bertz CT molecular complexity index is 678. The van der Waals surface area contributed by atoms with E-state index in [0.29, 0.717) is 13.2 Å². The van der Waals surface area contributed by atoms with E-state index >= 15 is 0 Å². The fourth-order valence-corrected chi connectivity index (χ4v) is 2.77. The molecular weight excluding hydrogens is 316 g/mol. The Hall–Kier alpha value is -2.25. The third-order valence-corrected chi connectivity index (χ3v) is 4.11. The van der Waals surface area contributed by atoms with Gasteiger partial charge in [-0.2, -0.15) is 0 Å². The largest absolute Gasteiger partial charge is 0.468 e. The smallest absolute Gasteiger partial charge is 0.325 e. The Labute approximate surface area is 138 Å². The number of carbonyl (C=O) groups excluding carboxylic acids is 2. The summed E-state index contributed by atoms with van der Waals surface area (Å²) < 4.78 is 10.6. The lowest BCUT2D eigenvalue weighted by atomic mass is 10.3. The summed E-state index contributed by atoms with van der Waals surface area (Å²) in [6, 6.07) is 7.77. The van der Waals surface area contributed by atoms with Crippen LogP contribution in [0.3, 0.4) is 0 Å². The summed E-state index contributed by atoms with van der Waals surface area (Å²) in [4.78, 5) is 29.4. The summed E-state index contributed by atoms with van der Waals surface area (Å²) in [5.74, 6) is -0.755. The number of rotatable bonds is 7. The SMILES string of the molecule is COCCN(CC(=O)OC)C(=O)C=Cc1nc2ccccc2s1. The van der Waals surface area contributed by atoms with Gasteiger partial charge in [0, 0.05) is 19.7 Å². The Morgan fingerprint density at radius 2 is 2.09 bits per heavy atom. The summed E-state index contributed by atoms with van der Waals surface area (Å²) in [5.41, 5.74) is 0.899. The lowest BCUT2D eigenvalue weighted by molar-refractivity contribution is -0.145. The van der Waals surface area contributed by atoms with E-state index in [9.17, 15) is 9.59 Å². The van der Waals surface area contributed by atoms with Crippen molar-refractivity contribution in [3.63, 3.8) is 0 Å². The number of amides is 1. The molecule has 2 rings (SSSR count). The number of thiazole rings is 1. The highest BCUT2D eigenvalue weighted by molar-refractivity contribution is 7.19. The first-order valence-corrected chi connectivity index (χ1v) is 7.84. The molecule has 0 saturated heterocycles. The van der Waals surface area contributed by atoms with Crippen LogP contribution in [0.2, 0.25) is 0 Å². The number of carbonyl (C=O) groups is 2. The third kappa shape index (κ3) is 4.87. The first-order valence-electron chi connectivity index (χ1n) is 7.02. The van der Waals surface area contributed by atoms with E-state index in [1.165, 1.54) is 36.5 Å². The van der Waals surface area contributed by atoms with E-state index in [0.717, 1.165) is 15.2 Å². The molecule has 2 aromatic rings. The van der Waals surface area contributed by atoms with Crippen molar-refractivity contribution in [3.05, 3.63) is 35.3 Å². The maximum Gasteiger partial charge on any atom is 0.325 e. The van der Waals surface area contributed by atoms with Gasteiger partial charge in [0.05, 0.1) is 23.9 Å². The number of fused-ring (bicyclic) bond motifs is 1. The number of aromatic nitrogens is 1. The van der Waals surface area contributed by atoms with Gasteiger partial charge in [-0.15, -0.1) is 11.3 Å². The third-order valence-electron chi connectivity index (χ3n) is 3.10. The van der Waals surface area contributed by atoms with E-state index in [1.807, 2.05) is 24.3 Å². The van der Waals surface area contributed by atoms with Gasteiger partial charge in [0.25, 0.3) is 0 Å². The maximum atomic E-state index is 12.2. The first-order chi connectivity index (χ1) is 11.1. The van der Waals surface area contributed by atoms with Crippen LogP contribution in [0.5, 0.6) is 0 Å². The maximum absolute atomic E-state index is 12.2. The predicted octanol–water partition coefficient (Wildman–Crippen LogP) is 1.96. The molecule has 1 heterocycles. The zero-order valence-electron chi connectivity index (χ0n) is 13.0. The number of nitrogens with zero attached hydrogens (tertiary/aromatic N) is 2. The lowest BCUT2D eigenvalue weighted by Gasteiger charge is -2.19. The van der Waals surface area contributed by atoms with Gasteiger partial charge in [0.2, 0.25) is 5.91 Å². The summed E-state index contributed by atoms with van der Waals surface area (Å²) in [6.07, 6.45) is 3.07. The van der Waals surface area contributed by atoms with Crippen molar-refractivity contribution < 1.29 is 19.1 Å². The van der Waals surface area contributed by atoms with Crippen molar-refractivity contribution >= 4 is 39.5 Å². The molecule has 0 fully saturated rings. The average molecular weight is 334 g/mol. The van der Waals surface area contributed by atoms with Crippen molar-refractivity contribution in [1.29, 1.82) is 0 Å². The summed E-state index contributed by atoms with van der Waals surface area (Å²) in [6.45, 7) is 0.551. The molecule has 1 aromatic carbocycles. The van der Waals surface area contributed by atoms with Crippen molar-refractivity contribution in [2.24, 2.45) is 0 Å². The Morgan fingerprint density at radius 1 is 1.30 bits per heavy atom. The fraction of sp³-hybridized carbons (Fsp3) is 0.312. The molecule has 0 unspecified atom stereocenters. The molecule has 0 spiro atoms. The number of esters is 1. The first kappa shape index (κ1) is 17.1. The number of ether oxygens (including phenoxy) is 2. The highest BCUT2D eigenvalue weighted by Gasteiger charge is 2.15. The van der Waals surface area contributed by atoms with Crippen molar-refractivity contribution in [2.45, 2.75) is 0 Å². The van der Waals surface area contributed by atoms with E-state index in [2.05, 4.69) is 9.72 Å². The fourth-order valence-electron chi connectivity index (χ4n) is 1.90. The lowest BCUT2D eigenvalue weighted by Crippen LogP contribution is -2.37. The normalized spacial score (nSPS) is 11.0. The highest BCUT2D eigenvalue weighted by atomic mass is 32.1. The second kappa shape index (κ2) is 8.40. The number of para-hydroxylation sites is 1. The number of benzene rings is 1. The van der Waals surface area contributed by atoms with Crippen LogP contribution in [-0.4, -0.2) is 55.7 Å². The summed E-state index contributed by atoms with van der Waals surface area (Å²) in [5, 5.41) is 0.740. The van der Waals surface area contributed by atoms with Crippen LogP contribution >= 0.6 is 11.3 Å². The second-order valence-corrected chi connectivity index (χ2v) is 5.74. The van der Waals surface area contributed by atoms with Gasteiger partial charge in [-0.25, -0.2) is 4.98 Å². The summed E-state index contributed by atoms with van der Waals surface area (Å²) >= 11 is 1.50. The molecule has 0 bridgehead atoms. The average Bonchev–Trinajstić information content (AvgIpc) is 2.99. The molecule has 0 saturated carbocycles. The van der Waals surface area contributed by atoms with Gasteiger partial charge in [-0.1, -0.05) is 12.1 Å². The number of hydrogen-bond donors (Lipinski definition) is 0. The Balaban J connectivity index is 2.07. The molecule has 0 N–H and O–H groups in total. The summed E-state index contributed by atoms with van der Waals surface area (Å²) in [7, 11) is 2.83. The molecule has 1 amide bonds. The molecule has 0 radical (unpaired) electrons. The minimum absolute atomic E-state index is 0.108. The van der Waals surface area contributed by atoms with Gasteiger partial charge >= 0.3 is 5.97 Å². The van der Waals surface area contributed by atoms with Crippen LogP contribution in [0.25, 0.3) is 16.3 Å². The minimum atomic E-state index is -0.470. The molecule has 1 aromatic heterocycles. The van der Waals surface area contributed by atoms with Crippen molar-refractivity contribution in [2.75, 3.05) is 33.9 Å². The van der Waals surface area contributed by atoms with Gasteiger partial charge in [-0.05, 0) is 18.2 Å². The van der Waals surface area contributed by atoms with Crippen LogP contribution in [0.15, 0.2) is 30.3 Å². The molecule has 6 nitrogen and oxygen atoms in total. The molecule has 0 atom stereocenters. The van der Waals surface area contributed by atoms with Crippen LogP contribution in [0.4, 0.5) is 0 Å². The molecule has 7 heteroatoms. The van der Waals surface area contributed by atoms with Gasteiger partial charge in [0.1, 0.15) is 11.6 Å². The minimum Gasteiger partial charge on any atom is -0.468 e. The van der Waals surface area contributed by atoms with Crippen LogP contribution in [0, 0.1) is 0 Å². The Kier molecular flexibility index (Phi) is 6.25. The predicted molar refractivity (Wildman–Crippen MR) is 89.1 cm³/mol. The molecule has 0 aliphatic heterocycles. The van der Waals surface area contributed by atoms with Gasteiger partial charge < -0.3 is 14.4 Å². The molecule has 122 valence electrons. The van der Waals surface area contributed by atoms with Crippen LogP contribution in [0.1, 0.15) is 5.01 Å². The van der Waals surface area contributed by atoms with E-state index < -0.39 is 5.97 Å². The van der Waals surface area contributed by atoms with Crippen LogP contribution < -0.4 is 0 Å². The second-order valence-electron chi connectivity index (χ2n) is 4.68. The van der Waals surface area contributed by atoms with Gasteiger partial charge in [-0.3, -0.25) is 9.59 Å². The number of methoxy groups -OCH3 is 2. The van der Waals surface area contributed by atoms with Crippen molar-refractivity contribution in [3.8, 4) is 0 Å². The monoisotopic (exact) mass is 334 g/mol. The van der Waals surface area contributed by atoms with Gasteiger partial charge in [0.15, 0.2) is 0 Å². The van der Waals surface area contributed by atoms with E-state index in [1.54, 1.807) is 6.08 Å². The number of hydrogen-bond acceptors (Lipinski definition) is 6. The topological polar surface area (TPSA) is 68.7 Å². The van der Waals surface area contributed by atoms with E-state index in [4.69, 9.17) is 4.74 Å².